The molecule has 1 aliphatic heterocycles. The molecule has 0 N–H and O–H groups in total. The maximum absolute atomic E-state index is 14.1. The van der Waals surface area contributed by atoms with Gasteiger partial charge in [-0.15, -0.1) is 0 Å². The molecule has 1 aromatic heterocycles. The van der Waals surface area contributed by atoms with E-state index in [0.29, 0.717) is 17.8 Å². The third-order valence-electron chi connectivity index (χ3n) is 5.57. The summed E-state index contributed by atoms with van der Waals surface area (Å²) < 4.78 is 16.2. The molecule has 152 valence electrons. The minimum atomic E-state index is -0.328. The van der Waals surface area contributed by atoms with E-state index in [1.54, 1.807) is 11.0 Å². The molecule has 0 unspecified atom stereocenters. The summed E-state index contributed by atoms with van der Waals surface area (Å²) in [5.41, 5.74) is 3.23. The van der Waals surface area contributed by atoms with Crippen molar-refractivity contribution in [3.63, 3.8) is 0 Å². The second kappa shape index (κ2) is 7.87. The number of likely N-dealkylation sites (N-methyl/N-ethyl adjacent to an activating group) is 1. The Morgan fingerprint density at radius 3 is 2.69 bits per heavy atom. The summed E-state index contributed by atoms with van der Waals surface area (Å²) in [7, 11) is 6.06. The Bertz CT molecular complexity index is 1040. The van der Waals surface area contributed by atoms with Gasteiger partial charge in [-0.25, -0.2) is 4.39 Å². The van der Waals surface area contributed by atoms with Crippen molar-refractivity contribution in [3.8, 4) is 0 Å². The molecule has 3 aromatic rings. The van der Waals surface area contributed by atoms with Gasteiger partial charge >= 0.3 is 0 Å². The van der Waals surface area contributed by atoms with Gasteiger partial charge in [0.15, 0.2) is 0 Å². The van der Waals surface area contributed by atoms with Crippen LogP contribution in [0.1, 0.15) is 16.8 Å². The van der Waals surface area contributed by atoms with E-state index in [9.17, 15) is 9.18 Å². The van der Waals surface area contributed by atoms with Gasteiger partial charge in [0.1, 0.15) is 5.82 Å². The average molecular weight is 394 g/mol. The largest absolute Gasteiger partial charge is 0.373 e. The van der Waals surface area contributed by atoms with Gasteiger partial charge in [0.2, 0.25) is 0 Å². The lowest BCUT2D eigenvalue weighted by atomic mass is 10.1. The van der Waals surface area contributed by atoms with Crippen molar-refractivity contribution >= 4 is 28.2 Å². The number of benzene rings is 2. The number of hydrogen-bond acceptors (Lipinski definition) is 3. The molecular weight excluding hydrogens is 367 g/mol. The Labute approximate surface area is 170 Å². The summed E-state index contributed by atoms with van der Waals surface area (Å²) in [4.78, 5) is 19.6. The number of rotatable bonds is 4. The van der Waals surface area contributed by atoms with Crippen LogP contribution < -0.4 is 9.80 Å². The van der Waals surface area contributed by atoms with Crippen LogP contribution in [0.4, 0.5) is 15.8 Å². The molecule has 2 heterocycles. The van der Waals surface area contributed by atoms with Gasteiger partial charge in [0.25, 0.3) is 5.91 Å². The molecular formula is C23H27FN4O. The van der Waals surface area contributed by atoms with Crippen molar-refractivity contribution in [2.75, 3.05) is 50.6 Å². The number of halogens is 1. The molecule has 1 aliphatic rings. The monoisotopic (exact) mass is 394 g/mol. The van der Waals surface area contributed by atoms with Crippen molar-refractivity contribution in [3.05, 3.63) is 60.0 Å². The number of amides is 1. The molecule has 0 fully saturated rings. The van der Waals surface area contributed by atoms with Gasteiger partial charge < -0.3 is 19.3 Å². The molecule has 4 rings (SSSR count). The molecule has 5 nitrogen and oxygen atoms in total. The number of carbonyl (C=O) groups excluding carboxylic acids is 1. The number of anilines is 2. The van der Waals surface area contributed by atoms with Crippen molar-refractivity contribution in [2.24, 2.45) is 0 Å². The Morgan fingerprint density at radius 1 is 1.10 bits per heavy atom. The first-order valence-corrected chi connectivity index (χ1v) is 10.0. The van der Waals surface area contributed by atoms with Gasteiger partial charge in [0, 0.05) is 50.3 Å². The Morgan fingerprint density at radius 2 is 1.90 bits per heavy atom. The predicted molar refractivity (Wildman–Crippen MR) is 116 cm³/mol. The summed E-state index contributed by atoms with van der Waals surface area (Å²) in [5.74, 6) is -0.405. The lowest BCUT2D eigenvalue weighted by Crippen LogP contribution is -2.31. The van der Waals surface area contributed by atoms with E-state index in [2.05, 4.69) is 14.4 Å². The zero-order valence-corrected chi connectivity index (χ0v) is 17.2. The Kier molecular flexibility index (Phi) is 5.28. The fourth-order valence-corrected chi connectivity index (χ4v) is 4.01. The average Bonchev–Trinajstić information content (AvgIpc) is 2.99. The number of aromatic nitrogens is 1. The molecule has 0 aliphatic carbocycles. The fraction of sp³-hybridized carbons (Fsp3) is 0.348. The van der Waals surface area contributed by atoms with E-state index in [1.165, 1.54) is 12.1 Å². The molecule has 1 amide bonds. The maximum Gasteiger partial charge on any atom is 0.260 e. The summed E-state index contributed by atoms with van der Waals surface area (Å²) in [6, 6.07) is 12.7. The van der Waals surface area contributed by atoms with Gasteiger partial charge in [0.05, 0.1) is 16.9 Å². The van der Waals surface area contributed by atoms with Crippen LogP contribution in [-0.4, -0.2) is 56.2 Å². The van der Waals surface area contributed by atoms with Crippen LogP contribution in [0.25, 0.3) is 10.9 Å². The zero-order chi connectivity index (χ0) is 20.5. The minimum absolute atomic E-state index is 0.0769. The van der Waals surface area contributed by atoms with Crippen LogP contribution >= 0.6 is 0 Å². The molecule has 0 saturated heterocycles. The highest BCUT2D eigenvalue weighted by molar-refractivity contribution is 6.15. The Hall–Kier alpha value is -2.86. The second-order valence-electron chi connectivity index (χ2n) is 7.92. The molecule has 0 bridgehead atoms. The highest BCUT2D eigenvalue weighted by atomic mass is 19.1. The van der Waals surface area contributed by atoms with Gasteiger partial charge in [-0.3, -0.25) is 4.79 Å². The van der Waals surface area contributed by atoms with Crippen LogP contribution in [0.2, 0.25) is 0 Å². The summed E-state index contributed by atoms with van der Waals surface area (Å²) in [5, 5.41) is 0.937. The van der Waals surface area contributed by atoms with Crippen molar-refractivity contribution in [1.82, 2.24) is 9.47 Å². The topological polar surface area (TPSA) is 31.7 Å². The number of nitrogens with zero attached hydrogens (tertiary/aromatic N) is 4. The highest BCUT2D eigenvalue weighted by Crippen LogP contribution is 2.34. The first kappa shape index (κ1) is 19.5. The molecule has 2 aromatic carbocycles. The van der Waals surface area contributed by atoms with Crippen LogP contribution in [0.15, 0.2) is 48.7 Å². The smallest absolute Gasteiger partial charge is 0.260 e. The Balaban J connectivity index is 1.78. The zero-order valence-electron chi connectivity index (χ0n) is 17.2. The number of para-hydroxylation sites is 1. The summed E-state index contributed by atoms with van der Waals surface area (Å²) >= 11 is 0. The highest BCUT2D eigenvalue weighted by Gasteiger charge is 2.27. The lowest BCUT2D eigenvalue weighted by molar-refractivity contribution is 0.0988. The fourth-order valence-electron chi connectivity index (χ4n) is 4.01. The first-order chi connectivity index (χ1) is 14.0. The quantitative estimate of drug-likeness (QED) is 0.674. The second-order valence-corrected chi connectivity index (χ2v) is 7.92. The van der Waals surface area contributed by atoms with E-state index < -0.39 is 0 Å². The summed E-state index contributed by atoms with van der Waals surface area (Å²) in [6.45, 7) is 3.08. The lowest BCUT2D eigenvalue weighted by Gasteiger charge is -2.24. The number of carbonyl (C=O) groups is 1. The van der Waals surface area contributed by atoms with E-state index in [1.807, 2.05) is 51.6 Å². The van der Waals surface area contributed by atoms with Crippen LogP contribution in [0.5, 0.6) is 0 Å². The third kappa shape index (κ3) is 3.72. The summed E-state index contributed by atoms with van der Waals surface area (Å²) in [6.07, 6.45) is 2.78. The standard InChI is InChI=1S/C23H27FN4O/c1-25(2)13-14-27-16-19(18-7-4-5-8-20(18)27)23(29)28-12-6-11-26(3)21-10-9-17(24)15-22(21)28/h4-5,7-10,15-16H,6,11-14H2,1-3H3. The molecule has 29 heavy (non-hydrogen) atoms. The number of hydrogen-bond donors (Lipinski definition) is 0. The van der Waals surface area contributed by atoms with Gasteiger partial charge in [-0.1, -0.05) is 18.2 Å². The van der Waals surface area contributed by atoms with Crippen LogP contribution in [0, 0.1) is 5.82 Å². The number of fused-ring (bicyclic) bond motifs is 2. The van der Waals surface area contributed by atoms with E-state index in [4.69, 9.17) is 0 Å². The van der Waals surface area contributed by atoms with Crippen molar-refractivity contribution in [2.45, 2.75) is 13.0 Å². The van der Waals surface area contributed by atoms with E-state index in [-0.39, 0.29) is 11.7 Å². The van der Waals surface area contributed by atoms with E-state index in [0.717, 1.165) is 42.6 Å². The molecule has 0 atom stereocenters. The van der Waals surface area contributed by atoms with Crippen molar-refractivity contribution in [1.29, 1.82) is 0 Å². The van der Waals surface area contributed by atoms with Crippen LogP contribution in [0.3, 0.4) is 0 Å². The minimum Gasteiger partial charge on any atom is -0.373 e. The predicted octanol–water partition coefficient (Wildman–Crippen LogP) is 3.83. The molecule has 6 heteroatoms. The van der Waals surface area contributed by atoms with Crippen LogP contribution in [-0.2, 0) is 6.54 Å². The van der Waals surface area contributed by atoms with E-state index >= 15 is 0 Å². The first-order valence-electron chi connectivity index (χ1n) is 10.0. The van der Waals surface area contributed by atoms with Gasteiger partial charge in [-0.2, -0.15) is 0 Å². The third-order valence-corrected chi connectivity index (χ3v) is 5.57. The molecule has 0 spiro atoms. The normalized spacial score (nSPS) is 14.4. The molecule has 0 saturated carbocycles. The molecule has 0 radical (unpaired) electrons. The maximum atomic E-state index is 14.1. The van der Waals surface area contributed by atoms with Gasteiger partial charge in [-0.05, 0) is 44.8 Å². The SMILES string of the molecule is CN(C)CCn1cc(C(=O)N2CCCN(C)c3ccc(F)cc32)c2ccccc21. The van der Waals surface area contributed by atoms with Crippen molar-refractivity contribution < 1.29 is 9.18 Å².